The molecule has 1 amide bonds. The van der Waals surface area contributed by atoms with E-state index in [2.05, 4.69) is 20.3 Å². The van der Waals surface area contributed by atoms with Gasteiger partial charge in [0.1, 0.15) is 11.5 Å². The van der Waals surface area contributed by atoms with E-state index in [0.29, 0.717) is 11.8 Å². The quantitative estimate of drug-likeness (QED) is 0.841. The molecule has 0 radical (unpaired) electrons. The number of hydrogen-bond acceptors (Lipinski definition) is 5. The molecule has 1 saturated heterocycles. The number of nitrogens with one attached hydrogen (secondary N) is 1. The molecule has 3 aliphatic rings. The number of carbonyl (C=O) groups is 1. The Kier molecular flexibility index (Phi) is 5.23. The van der Waals surface area contributed by atoms with Gasteiger partial charge in [0, 0.05) is 39.0 Å². The van der Waals surface area contributed by atoms with Crippen LogP contribution in [0.25, 0.3) is 0 Å². The van der Waals surface area contributed by atoms with Crippen LogP contribution in [0.2, 0.25) is 0 Å². The van der Waals surface area contributed by atoms with Gasteiger partial charge in [-0.05, 0) is 62.5 Å². The van der Waals surface area contributed by atoms with Crippen molar-refractivity contribution in [2.45, 2.75) is 50.7 Å². The van der Waals surface area contributed by atoms with E-state index in [1.165, 1.54) is 12.0 Å². The number of fused-ring (bicyclic) bond motifs is 2. The molecule has 5 rings (SSSR count). The van der Waals surface area contributed by atoms with Gasteiger partial charge in [-0.15, -0.1) is 0 Å². The molecule has 7 heteroatoms. The van der Waals surface area contributed by atoms with E-state index >= 15 is 0 Å². The van der Waals surface area contributed by atoms with Gasteiger partial charge >= 0.3 is 0 Å². The zero-order valence-electron chi connectivity index (χ0n) is 17.9. The fourth-order valence-corrected chi connectivity index (χ4v) is 5.73. The van der Waals surface area contributed by atoms with Crippen LogP contribution in [0.5, 0.6) is 0 Å². The van der Waals surface area contributed by atoms with Gasteiger partial charge in [-0.3, -0.25) is 9.48 Å². The van der Waals surface area contributed by atoms with Crippen molar-refractivity contribution in [2.24, 2.45) is 18.9 Å². The molecule has 2 fully saturated rings. The molecule has 30 heavy (non-hydrogen) atoms. The molecular weight excluding hydrogens is 378 g/mol. The molecule has 2 aliphatic carbocycles. The van der Waals surface area contributed by atoms with Crippen molar-refractivity contribution < 1.29 is 9.53 Å². The molecule has 2 aromatic heterocycles. The average Bonchev–Trinajstić information content (AvgIpc) is 3.33. The van der Waals surface area contributed by atoms with Crippen molar-refractivity contribution in [1.82, 2.24) is 19.7 Å². The smallest absolute Gasteiger partial charge is 0.272 e. The van der Waals surface area contributed by atoms with Crippen molar-refractivity contribution in [2.75, 3.05) is 25.5 Å². The largest absolute Gasteiger partial charge is 0.379 e. The molecule has 0 spiro atoms. The lowest BCUT2D eigenvalue weighted by Crippen LogP contribution is -2.44. The molecule has 1 saturated carbocycles. The van der Waals surface area contributed by atoms with Crippen molar-refractivity contribution in [3.63, 3.8) is 0 Å². The Morgan fingerprint density at radius 3 is 2.73 bits per heavy atom. The lowest BCUT2D eigenvalue weighted by atomic mass is 9.77. The summed E-state index contributed by atoms with van der Waals surface area (Å²) in [5.41, 5.74) is 3.13. The van der Waals surface area contributed by atoms with E-state index in [1.54, 1.807) is 13.3 Å². The second-order valence-electron chi connectivity index (χ2n) is 9.05. The first-order valence-corrected chi connectivity index (χ1v) is 11.2. The summed E-state index contributed by atoms with van der Waals surface area (Å²) in [5, 5.41) is 8.21. The summed E-state index contributed by atoms with van der Waals surface area (Å²) < 4.78 is 7.66. The lowest BCUT2D eigenvalue weighted by Gasteiger charge is -2.37. The van der Waals surface area contributed by atoms with E-state index in [9.17, 15) is 4.79 Å². The monoisotopic (exact) mass is 409 g/mol. The average molecular weight is 410 g/mol. The van der Waals surface area contributed by atoms with E-state index in [1.807, 2.05) is 29.9 Å². The summed E-state index contributed by atoms with van der Waals surface area (Å²) in [6.45, 7) is 1.64. The first kappa shape index (κ1) is 19.5. The molecule has 1 aliphatic heterocycles. The Morgan fingerprint density at radius 2 is 1.97 bits per heavy atom. The van der Waals surface area contributed by atoms with E-state index < -0.39 is 0 Å². The first-order chi connectivity index (χ1) is 14.6. The fourth-order valence-electron chi connectivity index (χ4n) is 5.73. The van der Waals surface area contributed by atoms with Gasteiger partial charge in [0.2, 0.25) is 0 Å². The zero-order valence-corrected chi connectivity index (χ0v) is 17.9. The summed E-state index contributed by atoms with van der Waals surface area (Å²) in [6, 6.07) is 6.13. The number of anilines is 1. The summed E-state index contributed by atoms with van der Waals surface area (Å²) >= 11 is 0. The molecular formula is C23H31N5O2. The summed E-state index contributed by atoms with van der Waals surface area (Å²) in [5.74, 6) is 2.02. The van der Waals surface area contributed by atoms with Crippen LogP contribution in [0, 0.1) is 11.8 Å². The van der Waals surface area contributed by atoms with Crippen LogP contribution >= 0.6 is 0 Å². The Morgan fingerprint density at radius 1 is 1.17 bits per heavy atom. The van der Waals surface area contributed by atoms with Gasteiger partial charge in [0.25, 0.3) is 5.91 Å². The normalized spacial score (nSPS) is 28.1. The maximum absolute atomic E-state index is 13.5. The number of carbonyl (C=O) groups excluding carboxylic acids is 1. The van der Waals surface area contributed by atoms with Crippen LogP contribution in [0.15, 0.2) is 24.4 Å². The number of ether oxygens (including phenoxy) is 1. The first-order valence-electron chi connectivity index (χ1n) is 11.2. The van der Waals surface area contributed by atoms with Gasteiger partial charge < -0.3 is 15.0 Å². The third-order valence-electron chi connectivity index (χ3n) is 7.23. The minimum absolute atomic E-state index is 0.132. The molecule has 0 aromatic carbocycles. The Labute approximate surface area is 177 Å². The molecule has 4 atom stereocenters. The third kappa shape index (κ3) is 3.49. The number of aryl methyl sites for hydroxylation is 2. The second kappa shape index (κ2) is 8.02. The standard InChI is InChI=1S/C23H31N5O2/c1-27-22(17-7-3-4-8-18(17)26-27)23(29)28-13-15-11-19(20(30-2)12-16(15)14-28)25-21-9-5-6-10-24-21/h5-6,9-10,15-16,19-20H,3-4,7-8,11-14H2,1-2H3,(H,24,25)/t15-,16+,19-,20-/m1/s1. The highest BCUT2D eigenvalue weighted by molar-refractivity contribution is 5.94. The predicted molar refractivity (Wildman–Crippen MR) is 114 cm³/mol. The highest BCUT2D eigenvalue weighted by atomic mass is 16.5. The Bertz CT molecular complexity index is 912. The van der Waals surface area contributed by atoms with Gasteiger partial charge in [-0.25, -0.2) is 4.98 Å². The summed E-state index contributed by atoms with van der Waals surface area (Å²) in [7, 11) is 3.71. The van der Waals surface area contributed by atoms with Crippen molar-refractivity contribution in [3.05, 3.63) is 41.3 Å². The van der Waals surface area contributed by atoms with Crippen molar-refractivity contribution in [3.8, 4) is 0 Å². The van der Waals surface area contributed by atoms with E-state index in [0.717, 1.165) is 62.4 Å². The molecule has 1 N–H and O–H groups in total. The van der Waals surface area contributed by atoms with Gasteiger partial charge in [-0.2, -0.15) is 5.10 Å². The number of amides is 1. The number of hydrogen-bond donors (Lipinski definition) is 1. The SMILES string of the molecule is CO[C@@H]1C[C@H]2CN(C(=O)c3c4c(nn3C)CCCC4)C[C@H]2C[C@H]1Nc1ccccn1. The van der Waals surface area contributed by atoms with Crippen LogP contribution in [-0.2, 0) is 24.6 Å². The molecule has 2 aromatic rings. The topological polar surface area (TPSA) is 72.3 Å². The maximum Gasteiger partial charge on any atom is 0.272 e. The van der Waals surface area contributed by atoms with Crippen LogP contribution in [0.3, 0.4) is 0 Å². The highest BCUT2D eigenvalue weighted by Crippen LogP contribution is 2.39. The minimum atomic E-state index is 0.132. The number of pyridine rings is 1. The number of methoxy groups -OCH3 is 1. The molecule has 3 heterocycles. The minimum Gasteiger partial charge on any atom is -0.379 e. The fraction of sp³-hybridized carbons (Fsp3) is 0.609. The third-order valence-corrected chi connectivity index (χ3v) is 7.23. The summed E-state index contributed by atoms with van der Waals surface area (Å²) in [6.07, 6.45) is 8.21. The maximum atomic E-state index is 13.5. The van der Waals surface area contributed by atoms with Crippen LogP contribution in [-0.4, -0.2) is 57.9 Å². The number of aromatic nitrogens is 3. The van der Waals surface area contributed by atoms with Crippen LogP contribution < -0.4 is 5.32 Å². The number of rotatable bonds is 4. The van der Waals surface area contributed by atoms with Crippen molar-refractivity contribution >= 4 is 11.7 Å². The van der Waals surface area contributed by atoms with E-state index in [4.69, 9.17) is 4.74 Å². The molecule has 0 unspecified atom stereocenters. The van der Waals surface area contributed by atoms with E-state index in [-0.39, 0.29) is 18.1 Å². The molecule has 7 nitrogen and oxygen atoms in total. The predicted octanol–water partition coefficient (Wildman–Crippen LogP) is 2.67. The lowest BCUT2D eigenvalue weighted by molar-refractivity contribution is 0.0304. The highest BCUT2D eigenvalue weighted by Gasteiger charge is 2.44. The van der Waals surface area contributed by atoms with Gasteiger partial charge in [0.15, 0.2) is 0 Å². The number of nitrogens with zero attached hydrogens (tertiary/aromatic N) is 4. The molecule has 160 valence electrons. The summed E-state index contributed by atoms with van der Waals surface area (Å²) in [4.78, 5) is 20.0. The Balaban J connectivity index is 1.31. The van der Waals surface area contributed by atoms with Gasteiger partial charge in [-0.1, -0.05) is 6.07 Å². The van der Waals surface area contributed by atoms with Crippen LogP contribution in [0.4, 0.5) is 5.82 Å². The second-order valence-corrected chi connectivity index (χ2v) is 9.05. The van der Waals surface area contributed by atoms with Crippen LogP contribution in [0.1, 0.15) is 47.4 Å². The Hall–Kier alpha value is -2.41. The van der Waals surface area contributed by atoms with Crippen molar-refractivity contribution in [1.29, 1.82) is 0 Å². The van der Waals surface area contributed by atoms with Gasteiger partial charge in [0.05, 0.1) is 17.8 Å². The molecule has 0 bridgehead atoms. The zero-order chi connectivity index (χ0) is 20.7. The number of likely N-dealkylation sites (tertiary alicyclic amines) is 1.